The highest BCUT2D eigenvalue weighted by molar-refractivity contribution is 14.0. The number of guanidine groups is 1. The maximum Gasteiger partial charge on any atom is 0.231 e. The minimum absolute atomic E-state index is 0. The highest BCUT2D eigenvalue weighted by atomic mass is 127. The topological polar surface area (TPSA) is 76.1 Å². The lowest BCUT2D eigenvalue weighted by atomic mass is 9.88. The number of rotatable bonds is 7. The Morgan fingerprint density at radius 1 is 1.03 bits per heavy atom. The molecule has 1 saturated heterocycles. The fourth-order valence-corrected chi connectivity index (χ4v) is 4.13. The molecule has 2 heterocycles. The van der Waals surface area contributed by atoms with Crippen LogP contribution in [-0.4, -0.2) is 45.1 Å². The molecular formula is C24H33IN4O3. The molecule has 4 rings (SSSR count). The standard InChI is InChI=1S/C24H32N4O3.HI/c1-18(20-6-4-3-5-7-20)28-24(10-12-29-13-11-24)16-27-23(25-2)26-15-19-8-9-21-22(14-19)31-17-30-21;/h3-9,14,18,28H,10-13,15-17H2,1-2H3,(H2,25,26,27);1H. The summed E-state index contributed by atoms with van der Waals surface area (Å²) in [6.07, 6.45) is 1.91. The van der Waals surface area contributed by atoms with Crippen molar-refractivity contribution < 1.29 is 14.2 Å². The zero-order chi connectivity index (χ0) is 21.5. The van der Waals surface area contributed by atoms with Crippen molar-refractivity contribution in [2.75, 3.05) is 33.6 Å². The molecule has 3 N–H and O–H groups in total. The Balaban J connectivity index is 0.00000289. The van der Waals surface area contributed by atoms with E-state index in [2.05, 4.69) is 58.2 Å². The van der Waals surface area contributed by atoms with Crippen LogP contribution in [0.15, 0.2) is 53.5 Å². The van der Waals surface area contributed by atoms with Crippen LogP contribution in [0.3, 0.4) is 0 Å². The van der Waals surface area contributed by atoms with Crippen molar-refractivity contribution in [3.63, 3.8) is 0 Å². The Hall–Kier alpha value is -2.04. The fourth-order valence-electron chi connectivity index (χ4n) is 4.13. The van der Waals surface area contributed by atoms with E-state index in [4.69, 9.17) is 14.2 Å². The molecule has 2 aliphatic rings. The number of aliphatic imine (C=N–C) groups is 1. The zero-order valence-electron chi connectivity index (χ0n) is 18.7. The first-order chi connectivity index (χ1) is 15.2. The Morgan fingerprint density at radius 3 is 2.53 bits per heavy atom. The molecule has 174 valence electrons. The van der Waals surface area contributed by atoms with E-state index >= 15 is 0 Å². The van der Waals surface area contributed by atoms with Gasteiger partial charge in [0.2, 0.25) is 6.79 Å². The van der Waals surface area contributed by atoms with E-state index in [-0.39, 0.29) is 42.4 Å². The Bertz CT molecular complexity index is 888. The van der Waals surface area contributed by atoms with Crippen LogP contribution in [0.25, 0.3) is 0 Å². The highest BCUT2D eigenvalue weighted by Gasteiger charge is 2.34. The van der Waals surface area contributed by atoms with Gasteiger partial charge in [0, 0.05) is 44.9 Å². The number of nitrogens with zero attached hydrogens (tertiary/aromatic N) is 1. The summed E-state index contributed by atoms with van der Waals surface area (Å²) in [5.74, 6) is 2.37. The molecule has 0 spiro atoms. The third-order valence-electron chi connectivity index (χ3n) is 5.99. The molecule has 2 aromatic rings. The molecule has 8 heteroatoms. The van der Waals surface area contributed by atoms with E-state index < -0.39 is 0 Å². The number of ether oxygens (including phenoxy) is 3. The van der Waals surface area contributed by atoms with Crippen LogP contribution in [0, 0.1) is 0 Å². The van der Waals surface area contributed by atoms with Gasteiger partial charge in [0.25, 0.3) is 0 Å². The SMILES string of the molecule is CN=C(NCc1ccc2c(c1)OCO2)NCC1(NC(C)c2ccccc2)CCOCC1.I. The Morgan fingerprint density at radius 2 is 1.78 bits per heavy atom. The maximum atomic E-state index is 5.65. The summed E-state index contributed by atoms with van der Waals surface area (Å²) >= 11 is 0. The van der Waals surface area contributed by atoms with E-state index in [0.717, 1.165) is 55.6 Å². The maximum absolute atomic E-state index is 5.65. The Labute approximate surface area is 207 Å². The normalized spacial score (nSPS) is 17.9. The molecule has 1 unspecified atom stereocenters. The van der Waals surface area contributed by atoms with Crippen molar-refractivity contribution in [3.8, 4) is 11.5 Å². The lowest BCUT2D eigenvalue weighted by Gasteiger charge is -2.41. The minimum atomic E-state index is -0.0517. The highest BCUT2D eigenvalue weighted by Crippen LogP contribution is 2.32. The summed E-state index contributed by atoms with van der Waals surface area (Å²) in [7, 11) is 1.80. The third-order valence-corrected chi connectivity index (χ3v) is 5.99. The minimum Gasteiger partial charge on any atom is -0.454 e. The number of hydrogen-bond donors (Lipinski definition) is 3. The van der Waals surface area contributed by atoms with Crippen molar-refractivity contribution in [2.45, 2.75) is 37.9 Å². The van der Waals surface area contributed by atoms with Gasteiger partial charge in [-0.1, -0.05) is 36.4 Å². The van der Waals surface area contributed by atoms with Gasteiger partial charge in [0.15, 0.2) is 17.5 Å². The molecule has 32 heavy (non-hydrogen) atoms. The van der Waals surface area contributed by atoms with Crippen LogP contribution in [0.4, 0.5) is 0 Å². The second-order valence-electron chi connectivity index (χ2n) is 8.14. The average molecular weight is 552 g/mol. The fraction of sp³-hybridized carbons (Fsp3) is 0.458. The molecule has 7 nitrogen and oxygen atoms in total. The van der Waals surface area contributed by atoms with Gasteiger partial charge < -0.3 is 30.2 Å². The van der Waals surface area contributed by atoms with Gasteiger partial charge in [-0.25, -0.2) is 0 Å². The van der Waals surface area contributed by atoms with Gasteiger partial charge in [-0.3, -0.25) is 4.99 Å². The van der Waals surface area contributed by atoms with Crippen molar-refractivity contribution >= 4 is 29.9 Å². The van der Waals surface area contributed by atoms with Crippen LogP contribution in [0.5, 0.6) is 11.5 Å². The van der Waals surface area contributed by atoms with Crippen molar-refractivity contribution in [2.24, 2.45) is 4.99 Å². The summed E-state index contributed by atoms with van der Waals surface area (Å²) in [4.78, 5) is 4.41. The molecule has 0 bridgehead atoms. The molecule has 0 aromatic heterocycles. The first-order valence-corrected chi connectivity index (χ1v) is 10.9. The molecule has 1 atom stereocenters. The van der Waals surface area contributed by atoms with Crippen LogP contribution in [-0.2, 0) is 11.3 Å². The van der Waals surface area contributed by atoms with Gasteiger partial charge >= 0.3 is 0 Å². The molecular weight excluding hydrogens is 519 g/mol. The largest absolute Gasteiger partial charge is 0.454 e. The van der Waals surface area contributed by atoms with E-state index in [1.165, 1.54) is 5.56 Å². The average Bonchev–Trinajstić information content (AvgIpc) is 3.28. The number of halogens is 1. The van der Waals surface area contributed by atoms with Gasteiger partial charge in [-0.15, -0.1) is 24.0 Å². The van der Waals surface area contributed by atoms with Gasteiger partial charge in [0.05, 0.1) is 0 Å². The molecule has 2 aromatic carbocycles. The summed E-state index contributed by atoms with van der Waals surface area (Å²) in [5.41, 5.74) is 2.35. The smallest absolute Gasteiger partial charge is 0.231 e. The summed E-state index contributed by atoms with van der Waals surface area (Å²) in [6.45, 7) is 5.46. The molecule has 0 saturated carbocycles. The van der Waals surface area contributed by atoms with Crippen LogP contribution < -0.4 is 25.4 Å². The number of hydrogen-bond acceptors (Lipinski definition) is 5. The van der Waals surface area contributed by atoms with Crippen molar-refractivity contribution in [1.29, 1.82) is 0 Å². The second-order valence-corrected chi connectivity index (χ2v) is 8.14. The lowest BCUT2D eigenvalue weighted by Crippen LogP contribution is -2.58. The monoisotopic (exact) mass is 552 g/mol. The summed E-state index contributed by atoms with van der Waals surface area (Å²) in [6, 6.07) is 16.8. The number of nitrogens with one attached hydrogen (secondary N) is 3. The van der Waals surface area contributed by atoms with E-state index in [1.807, 2.05) is 18.2 Å². The van der Waals surface area contributed by atoms with Crippen molar-refractivity contribution in [1.82, 2.24) is 16.0 Å². The van der Waals surface area contributed by atoms with Gasteiger partial charge in [-0.2, -0.15) is 0 Å². The molecule has 0 aliphatic carbocycles. The lowest BCUT2D eigenvalue weighted by molar-refractivity contribution is 0.0355. The zero-order valence-corrected chi connectivity index (χ0v) is 21.1. The summed E-state index contributed by atoms with van der Waals surface area (Å²) in [5, 5.41) is 10.8. The van der Waals surface area contributed by atoms with E-state index in [9.17, 15) is 0 Å². The first-order valence-electron chi connectivity index (χ1n) is 10.9. The first kappa shape index (κ1) is 24.6. The molecule has 1 fully saturated rings. The van der Waals surface area contributed by atoms with Gasteiger partial charge in [0.1, 0.15) is 0 Å². The quantitative estimate of drug-likeness (QED) is 0.277. The van der Waals surface area contributed by atoms with Crippen LogP contribution in [0.1, 0.15) is 36.9 Å². The Kier molecular flexibility index (Phi) is 9.01. The van der Waals surface area contributed by atoms with Crippen molar-refractivity contribution in [3.05, 3.63) is 59.7 Å². The number of fused-ring (bicyclic) bond motifs is 1. The second kappa shape index (κ2) is 11.7. The predicted molar refractivity (Wildman–Crippen MR) is 137 cm³/mol. The van der Waals surface area contributed by atoms with Crippen LogP contribution >= 0.6 is 24.0 Å². The predicted octanol–water partition coefficient (Wildman–Crippen LogP) is 3.60. The van der Waals surface area contributed by atoms with E-state index in [0.29, 0.717) is 6.54 Å². The molecule has 0 radical (unpaired) electrons. The summed E-state index contributed by atoms with van der Waals surface area (Å²) < 4.78 is 16.5. The molecule has 2 aliphatic heterocycles. The molecule has 0 amide bonds. The van der Waals surface area contributed by atoms with Crippen LogP contribution in [0.2, 0.25) is 0 Å². The van der Waals surface area contributed by atoms with Gasteiger partial charge in [-0.05, 0) is 43.0 Å². The third kappa shape index (κ3) is 6.26. The number of benzene rings is 2. The van der Waals surface area contributed by atoms with E-state index in [1.54, 1.807) is 7.05 Å².